The summed E-state index contributed by atoms with van der Waals surface area (Å²) in [7, 11) is -1.32. The van der Waals surface area contributed by atoms with Crippen LogP contribution in [0.4, 0.5) is 5.69 Å². The second-order valence-corrected chi connectivity index (χ2v) is 9.85. The molecule has 3 heteroatoms. The number of hydrogen-bond donors (Lipinski definition) is 1. The lowest BCUT2D eigenvalue weighted by Gasteiger charge is -2.03. The van der Waals surface area contributed by atoms with Gasteiger partial charge in [-0.2, -0.15) is 0 Å². The highest BCUT2D eigenvalue weighted by Gasteiger charge is 2.17. The Morgan fingerprint density at radius 3 is 2.75 bits per heavy atom. The van der Waals surface area contributed by atoms with Crippen molar-refractivity contribution in [3.05, 3.63) is 29.3 Å². The van der Waals surface area contributed by atoms with Gasteiger partial charge in [0.1, 0.15) is 8.07 Å². The Labute approximate surface area is 97.1 Å². The van der Waals surface area contributed by atoms with Gasteiger partial charge in [0.05, 0.1) is 6.42 Å². The van der Waals surface area contributed by atoms with Gasteiger partial charge in [-0.15, -0.1) is 5.54 Å². The van der Waals surface area contributed by atoms with Crippen LogP contribution in [-0.2, 0) is 11.2 Å². The summed E-state index contributed by atoms with van der Waals surface area (Å²) in [5.41, 5.74) is 6.33. The van der Waals surface area contributed by atoms with E-state index in [0.29, 0.717) is 6.42 Å². The third-order valence-corrected chi connectivity index (χ3v) is 3.19. The van der Waals surface area contributed by atoms with Gasteiger partial charge in [0.25, 0.3) is 0 Å². The van der Waals surface area contributed by atoms with Crippen LogP contribution in [0.2, 0.25) is 19.6 Å². The molecule has 2 rings (SSSR count). The second kappa shape index (κ2) is 3.80. The summed E-state index contributed by atoms with van der Waals surface area (Å²) in [5, 5.41) is 2.82. The molecule has 1 aliphatic heterocycles. The van der Waals surface area contributed by atoms with Gasteiger partial charge in [-0.1, -0.05) is 25.6 Å². The van der Waals surface area contributed by atoms with Gasteiger partial charge >= 0.3 is 0 Å². The van der Waals surface area contributed by atoms with Crippen LogP contribution in [0.3, 0.4) is 0 Å². The van der Waals surface area contributed by atoms with Crippen molar-refractivity contribution in [1.82, 2.24) is 0 Å². The third kappa shape index (κ3) is 2.53. The van der Waals surface area contributed by atoms with E-state index in [0.717, 1.165) is 16.8 Å². The topological polar surface area (TPSA) is 29.1 Å². The Morgan fingerprint density at radius 2 is 2.06 bits per heavy atom. The number of hydrogen-bond acceptors (Lipinski definition) is 1. The van der Waals surface area contributed by atoms with Gasteiger partial charge in [0, 0.05) is 11.3 Å². The molecule has 0 fully saturated rings. The molecule has 2 nitrogen and oxygen atoms in total. The van der Waals surface area contributed by atoms with Crippen LogP contribution < -0.4 is 5.32 Å². The SMILES string of the molecule is C[Si](C)(C)C#Cc1ccc2c(c1)CC(=O)N2. The van der Waals surface area contributed by atoms with Gasteiger partial charge < -0.3 is 5.32 Å². The maximum atomic E-state index is 11.2. The molecule has 1 heterocycles. The molecule has 1 aliphatic rings. The van der Waals surface area contributed by atoms with Crippen LogP contribution in [-0.4, -0.2) is 14.0 Å². The molecule has 1 N–H and O–H groups in total. The summed E-state index contributed by atoms with van der Waals surface area (Å²) in [5.74, 6) is 3.28. The standard InChI is InChI=1S/C13H15NOSi/c1-16(2,3)7-6-10-4-5-12-11(8-10)9-13(15)14-12/h4-5,8H,9H2,1-3H3,(H,14,15). The molecule has 1 amide bonds. The molecule has 0 spiro atoms. The highest BCUT2D eigenvalue weighted by molar-refractivity contribution is 6.83. The maximum absolute atomic E-state index is 11.2. The van der Waals surface area contributed by atoms with Crippen molar-refractivity contribution >= 4 is 19.7 Å². The van der Waals surface area contributed by atoms with Gasteiger partial charge in [-0.05, 0) is 23.8 Å². The Bertz CT molecular complexity index is 503. The van der Waals surface area contributed by atoms with Crippen molar-refractivity contribution < 1.29 is 4.79 Å². The van der Waals surface area contributed by atoms with E-state index in [4.69, 9.17) is 0 Å². The molecule has 1 aromatic rings. The molecular weight excluding hydrogens is 214 g/mol. The zero-order chi connectivity index (χ0) is 11.8. The molecule has 0 aliphatic carbocycles. The lowest BCUT2D eigenvalue weighted by atomic mass is 10.1. The highest BCUT2D eigenvalue weighted by atomic mass is 28.3. The summed E-state index contributed by atoms with van der Waals surface area (Å²) >= 11 is 0. The molecule has 1 aromatic carbocycles. The number of anilines is 1. The van der Waals surface area contributed by atoms with Crippen molar-refractivity contribution in [3.63, 3.8) is 0 Å². The molecule has 0 unspecified atom stereocenters. The fraction of sp³-hybridized carbons (Fsp3) is 0.308. The number of carbonyl (C=O) groups is 1. The van der Waals surface area contributed by atoms with Crippen LogP contribution in [0.25, 0.3) is 0 Å². The van der Waals surface area contributed by atoms with Gasteiger partial charge in [-0.25, -0.2) is 0 Å². The zero-order valence-corrected chi connectivity index (χ0v) is 10.8. The predicted octanol–water partition coefficient (Wildman–Crippen LogP) is 2.41. The van der Waals surface area contributed by atoms with Crippen molar-refractivity contribution in [2.24, 2.45) is 0 Å². The quantitative estimate of drug-likeness (QED) is 0.537. The van der Waals surface area contributed by atoms with E-state index in [1.54, 1.807) is 0 Å². The van der Waals surface area contributed by atoms with Crippen LogP contribution in [0.5, 0.6) is 0 Å². The average Bonchev–Trinajstić information content (AvgIpc) is 2.52. The predicted molar refractivity (Wildman–Crippen MR) is 69.0 cm³/mol. The summed E-state index contributed by atoms with van der Waals surface area (Å²) in [6.45, 7) is 6.66. The first kappa shape index (κ1) is 11.0. The Balaban J connectivity index is 2.29. The fourth-order valence-electron chi connectivity index (χ4n) is 1.57. The van der Waals surface area contributed by atoms with Gasteiger partial charge in [0.15, 0.2) is 0 Å². The van der Waals surface area contributed by atoms with Crippen LogP contribution >= 0.6 is 0 Å². The van der Waals surface area contributed by atoms with Crippen molar-refractivity contribution in [2.75, 3.05) is 5.32 Å². The minimum Gasteiger partial charge on any atom is -0.326 e. The number of amides is 1. The van der Waals surface area contributed by atoms with E-state index in [-0.39, 0.29) is 5.91 Å². The number of rotatable bonds is 0. The first-order valence-corrected chi connectivity index (χ1v) is 8.90. The van der Waals surface area contributed by atoms with E-state index in [1.165, 1.54) is 0 Å². The summed E-state index contributed by atoms with van der Waals surface area (Å²) in [6, 6.07) is 5.92. The number of carbonyl (C=O) groups excluding carboxylic acids is 1. The largest absolute Gasteiger partial charge is 0.326 e. The fourth-order valence-corrected chi connectivity index (χ4v) is 2.09. The summed E-state index contributed by atoms with van der Waals surface area (Å²) in [4.78, 5) is 11.2. The highest BCUT2D eigenvalue weighted by Crippen LogP contribution is 2.23. The molecule has 0 saturated heterocycles. The minimum absolute atomic E-state index is 0.0744. The Kier molecular flexibility index (Phi) is 2.61. The molecule has 16 heavy (non-hydrogen) atoms. The second-order valence-electron chi connectivity index (χ2n) is 5.10. The lowest BCUT2D eigenvalue weighted by molar-refractivity contribution is -0.115. The molecular formula is C13H15NOSi. The smallest absolute Gasteiger partial charge is 0.228 e. The normalized spacial score (nSPS) is 13.8. The number of benzene rings is 1. The first-order chi connectivity index (χ1) is 7.44. The Morgan fingerprint density at radius 1 is 1.31 bits per heavy atom. The molecule has 82 valence electrons. The van der Waals surface area contributed by atoms with E-state index in [2.05, 4.69) is 36.4 Å². The van der Waals surface area contributed by atoms with Crippen molar-refractivity contribution in [1.29, 1.82) is 0 Å². The van der Waals surface area contributed by atoms with E-state index < -0.39 is 8.07 Å². The molecule has 0 saturated carbocycles. The molecule has 0 bridgehead atoms. The minimum atomic E-state index is -1.32. The monoisotopic (exact) mass is 229 g/mol. The van der Waals surface area contributed by atoms with E-state index >= 15 is 0 Å². The van der Waals surface area contributed by atoms with Gasteiger partial charge in [0.2, 0.25) is 5.91 Å². The maximum Gasteiger partial charge on any atom is 0.228 e. The molecule has 0 radical (unpaired) electrons. The first-order valence-electron chi connectivity index (χ1n) is 5.40. The van der Waals surface area contributed by atoms with Crippen molar-refractivity contribution in [3.8, 4) is 11.5 Å². The van der Waals surface area contributed by atoms with Gasteiger partial charge in [-0.3, -0.25) is 4.79 Å². The van der Waals surface area contributed by atoms with Crippen LogP contribution in [0, 0.1) is 11.5 Å². The van der Waals surface area contributed by atoms with Crippen LogP contribution in [0.15, 0.2) is 18.2 Å². The zero-order valence-electron chi connectivity index (χ0n) is 9.85. The third-order valence-electron chi connectivity index (χ3n) is 2.31. The van der Waals surface area contributed by atoms with Crippen molar-refractivity contribution in [2.45, 2.75) is 26.1 Å². The lowest BCUT2D eigenvalue weighted by Crippen LogP contribution is -2.16. The summed E-state index contributed by atoms with van der Waals surface area (Å²) < 4.78 is 0. The molecule has 0 aromatic heterocycles. The number of fused-ring (bicyclic) bond motifs is 1. The summed E-state index contributed by atoms with van der Waals surface area (Å²) in [6.07, 6.45) is 0.484. The van der Waals surface area contributed by atoms with E-state index in [9.17, 15) is 4.79 Å². The average molecular weight is 229 g/mol. The molecule has 0 atom stereocenters. The van der Waals surface area contributed by atoms with Crippen LogP contribution in [0.1, 0.15) is 11.1 Å². The van der Waals surface area contributed by atoms with E-state index in [1.807, 2.05) is 18.2 Å². The number of nitrogens with one attached hydrogen (secondary N) is 1. The Hall–Kier alpha value is -1.53.